The predicted octanol–water partition coefficient (Wildman–Crippen LogP) is 2.90. The van der Waals surface area contributed by atoms with E-state index in [-0.39, 0.29) is 40.7 Å². The van der Waals surface area contributed by atoms with Gasteiger partial charge in [-0.3, -0.25) is 15.0 Å². The monoisotopic (exact) mass is 473 g/mol. The summed E-state index contributed by atoms with van der Waals surface area (Å²) >= 11 is 11.2. The average Bonchev–Trinajstić information content (AvgIpc) is 2.75. The highest BCUT2D eigenvalue weighted by Gasteiger charge is 2.22. The number of hydrogen-bond donors (Lipinski definition) is 1. The van der Waals surface area contributed by atoms with Crippen LogP contribution in [0.5, 0.6) is 11.5 Å². The molecule has 11 heteroatoms. The molecule has 0 radical (unpaired) electrons. The molecule has 0 aromatic heterocycles. The van der Waals surface area contributed by atoms with Crippen LogP contribution in [-0.4, -0.2) is 61.1 Å². The van der Waals surface area contributed by atoms with Gasteiger partial charge in [0, 0.05) is 38.3 Å². The second-order valence-electron chi connectivity index (χ2n) is 6.63. The van der Waals surface area contributed by atoms with Crippen LogP contribution in [0.3, 0.4) is 0 Å². The zero-order valence-corrected chi connectivity index (χ0v) is 17.8. The number of carbonyl (C=O) groups is 2. The maximum Gasteiger partial charge on any atom is 0.272 e. The summed E-state index contributed by atoms with van der Waals surface area (Å²) in [5.74, 6) is -1.53. The van der Waals surface area contributed by atoms with Crippen molar-refractivity contribution in [2.24, 2.45) is 0 Å². The van der Waals surface area contributed by atoms with Gasteiger partial charge in [0.25, 0.3) is 11.8 Å². The standard InChI is InChI=1S/C20H19Cl2F2N3O4/c21-15-3-1-13(9-17(15)23)30-11-19(28)25-27-7-5-26(6-8-27)20(29)12-31-14-2-4-16(22)18(24)10-14/h1-4,9-10H,5-8,11-12H2,(H,25,28). The zero-order valence-electron chi connectivity index (χ0n) is 16.2. The lowest BCUT2D eigenvalue weighted by molar-refractivity contribution is -0.137. The van der Waals surface area contributed by atoms with Crippen LogP contribution in [0.15, 0.2) is 36.4 Å². The number of nitrogens with zero attached hydrogens (tertiary/aromatic N) is 2. The van der Waals surface area contributed by atoms with Gasteiger partial charge in [-0.2, -0.15) is 0 Å². The molecule has 31 heavy (non-hydrogen) atoms. The number of rotatable bonds is 7. The van der Waals surface area contributed by atoms with Gasteiger partial charge in [-0.25, -0.2) is 13.8 Å². The minimum atomic E-state index is -0.634. The van der Waals surface area contributed by atoms with Gasteiger partial charge in [-0.1, -0.05) is 23.2 Å². The van der Waals surface area contributed by atoms with Crippen molar-refractivity contribution in [2.45, 2.75) is 0 Å². The number of hydrazine groups is 1. The van der Waals surface area contributed by atoms with Crippen LogP contribution in [0.4, 0.5) is 8.78 Å². The molecule has 2 aromatic rings. The number of halogens is 4. The van der Waals surface area contributed by atoms with Crippen molar-refractivity contribution in [1.29, 1.82) is 0 Å². The zero-order chi connectivity index (χ0) is 22.4. The van der Waals surface area contributed by atoms with E-state index in [1.165, 1.54) is 24.3 Å². The summed E-state index contributed by atoms with van der Waals surface area (Å²) in [6.45, 7) is 1.03. The molecule has 0 aliphatic carbocycles. The first kappa shape index (κ1) is 23.1. The number of ether oxygens (including phenoxy) is 2. The molecule has 1 N–H and O–H groups in total. The highest BCUT2D eigenvalue weighted by atomic mass is 35.5. The lowest BCUT2D eigenvalue weighted by atomic mass is 10.3. The lowest BCUT2D eigenvalue weighted by Gasteiger charge is -2.34. The Labute approximate surface area is 187 Å². The molecule has 1 fully saturated rings. The molecule has 7 nitrogen and oxygen atoms in total. The van der Waals surface area contributed by atoms with Crippen LogP contribution >= 0.6 is 23.2 Å². The largest absolute Gasteiger partial charge is 0.484 e. The SMILES string of the molecule is O=C(COc1ccc(Cl)c(F)c1)NN1CCN(C(=O)COc2ccc(Cl)c(F)c2)CC1. The van der Waals surface area contributed by atoms with E-state index in [9.17, 15) is 18.4 Å². The third kappa shape index (κ3) is 6.68. The van der Waals surface area contributed by atoms with E-state index in [0.29, 0.717) is 26.2 Å². The Morgan fingerprint density at radius 1 is 0.871 bits per heavy atom. The molecule has 0 spiro atoms. The van der Waals surface area contributed by atoms with Gasteiger partial charge < -0.3 is 14.4 Å². The van der Waals surface area contributed by atoms with Crippen molar-refractivity contribution in [3.05, 3.63) is 58.1 Å². The Morgan fingerprint density at radius 3 is 1.90 bits per heavy atom. The molecule has 1 aliphatic heterocycles. The average molecular weight is 474 g/mol. The summed E-state index contributed by atoms with van der Waals surface area (Å²) < 4.78 is 37.3. The summed E-state index contributed by atoms with van der Waals surface area (Å²) in [7, 11) is 0. The molecule has 0 unspecified atom stereocenters. The smallest absolute Gasteiger partial charge is 0.272 e. The third-order valence-electron chi connectivity index (χ3n) is 4.43. The number of benzene rings is 2. The van der Waals surface area contributed by atoms with E-state index in [1.807, 2.05) is 0 Å². The molecule has 166 valence electrons. The lowest BCUT2D eigenvalue weighted by Crippen LogP contribution is -2.56. The normalized spacial score (nSPS) is 14.3. The Balaban J connectivity index is 1.37. The number of piperazine rings is 1. The van der Waals surface area contributed by atoms with Crippen molar-refractivity contribution in [2.75, 3.05) is 39.4 Å². The van der Waals surface area contributed by atoms with Crippen LogP contribution < -0.4 is 14.9 Å². The Morgan fingerprint density at radius 2 is 1.39 bits per heavy atom. The Bertz CT molecular complexity index is 956. The summed E-state index contributed by atoms with van der Waals surface area (Å²) in [6.07, 6.45) is 0. The molecule has 2 amide bonds. The predicted molar refractivity (Wildman–Crippen MR) is 110 cm³/mol. The van der Waals surface area contributed by atoms with Gasteiger partial charge in [0.15, 0.2) is 13.2 Å². The van der Waals surface area contributed by atoms with Gasteiger partial charge in [-0.15, -0.1) is 0 Å². The second kappa shape index (κ2) is 10.6. The van der Waals surface area contributed by atoms with Gasteiger partial charge in [0.1, 0.15) is 23.1 Å². The molecule has 3 rings (SSSR count). The molecular weight excluding hydrogens is 455 g/mol. The quantitative estimate of drug-likeness (QED) is 0.669. The van der Waals surface area contributed by atoms with E-state index >= 15 is 0 Å². The fourth-order valence-corrected chi connectivity index (χ4v) is 3.03. The van der Waals surface area contributed by atoms with Crippen LogP contribution in [0.25, 0.3) is 0 Å². The summed E-state index contributed by atoms with van der Waals surface area (Å²) in [6, 6.07) is 7.85. The van der Waals surface area contributed by atoms with Crippen molar-refractivity contribution < 1.29 is 27.8 Å². The first-order chi connectivity index (χ1) is 14.8. The maximum absolute atomic E-state index is 13.4. The highest BCUT2D eigenvalue weighted by Crippen LogP contribution is 2.21. The van der Waals surface area contributed by atoms with E-state index in [2.05, 4.69) is 5.43 Å². The molecule has 1 aliphatic rings. The number of hydrogen-bond acceptors (Lipinski definition) is 5. The molecule has 1 saturated heterocycles. The number of carbonyl (C=O) groups excluding carboxylic acids is 2. The van der Waals surface area contributed by atoms with E-state index in [4.69, 9.17) is 32.7 Å². The molecule has 0 saturated carbocycles. The van der Waals surface area contributed by atoms with Gasteiger partial charge in [-0.05, 0) is 24.3 Å². The first-order valence-electron chi connectivity index (χ1n) is 9.30. The van der Waals surface area contributed by atoms with E-state index < -0.39 is 17.5 Å². The third-order valence-corrected chi connectivity index (χ3v) is 5.04. The Kier molecular flexibility index (Phi) is 7.89. The Hall–Kier alpha value is -2.62. The van der Waals surface area contributed by atoms with Crippen molar-refractivity contribution >= 4 is 35.0 Å². The summed E-state index contributed by atoms with van der Waals surface area (Å²) in [5, 5.41) is 1.60. The summed E-state index contributed by atoms with van der Waals surface area (Å²) in [4.78, 5) is 25.9. The molecule has 0 atom stereocenters. The molecule has 0 bridgehead atoms. The van der Waals surface area contributed by atoms with Crippen LogP contribution in [0, 0.1) is 11.6 Å². The minimum absolute atomic E-state index is 0.0254. The van der Waals surface area contributed by atoms with E-state index in [1.54, 1.807) is 9.91 Å². The summed E-state index contributed by atoms with van der Waals surface area (Å²) in [5.41, 5.74) is 2.67. The second-order valence-corrected chi connectivity index (χ2v) is 7.45. The minimum Gasteiger partial charge on any atom is -0.484 e. The van der Waals surface area contributed by atoms with Crippen molar-refractivity contribution in [3.8, 4) is 11.5 Å². The first-order valence-corrected chi connectivity index (χ1v) is 10.1. The van der Waals surface area contributed by atoms with Gasteiger partial charge >= 0.3 is 0 Å². The van der Waals surface area contributed by atoms with Crippen LogP contribution in [-0.2, 0) is 9.59 Å². The van der Waals surface area contributed by atoms with Crippen molar-refractivity contribution in [3.63, 3.8) is 0 Å². The van der Waals surface area contributed by atoms with Gasteiger partial charge in [0.05, 0.1) is 10.0 Å². The van der Waals surface area contributed by atoms with E-state index in [0.717, 1.165) is 12.1 Å². The number of nitrogens with one attached hydrogen (secondary N) is 1. The maximum atomic E-state index is 13.4. The van der Waals surface area contributed by atoms with Crippen LogP contribution in [0.2, 0.25) is 10.0 Å². The number of amides is 2. The fraction of sp³-hybridized carbons (Fsp3) is 0.300. The fourth-order valence-electron chi connectivity index (χ4n) is 2.79. The molecule has 2 aromatic carbocycles. The highest BCUT2D eigenvalue weighted by molar-refractivity contribution is 6.31. The van der Waals surface area contributed by atoms with Gasteiger partial charge in [0.2, 0.25) is 0 Å². The topological polar surface area (TPSA) is 71.1 Å². The van der Waals surface area contributed by atoms with Crippen molar-refractivity contribution in [1.82, 2.24) is 15.3 Å². The molecular formula is C20H19Cl2F2N3O4. The molecule has 1 heterocycles. The van der Waals surface area contributed by atoms with Crippen LogP contribution in [0.1, 0.15) is 0 Å².